The topological polar surface area (TPSA) is 121 Å². The predicted octanol–water partition coefficient (Wildman–Crippen LogP) is 2.60. The van der Waals surface area contributed by atoms with Gasteiger partial charge in [0.1, 0.15) is 5.76 Å². The lowest BCUT2D eigenvalue weighted by molar-refractivity contribution is -0.123. The summed E-state index contributed by atoms with van der Waals surface area (Å²) >= 11 is 12.1. The first-order chi connectivity index (χ1) is 15.9. The van der Waals surface area contributed by atoms with Crippen LogP contribution in [-0.2, 0) is 27.3 Å². The van der Waals surface area contributed by atoms with E-state index in [1.165, 1.54) is 7.05 Å². The zero-order valence-electron chi connectivity index (χ0n) is 18.2. The van der Waals surface area contributed by atoms with Crippen LogP contribution in [0, 0.1) is 0 Å². The van der Waals surface area contributed by atoms with Gasteiger partial charge in [-0.3, -0.25) is 19.3 Å². The van der Waals surface area contributed by atoms with Crippen molar-refractivity contribution in [3.05, 3.63) is 57.5 Å². The number of ether oxygens (including phenoxy) is 1. The molecule has 3 rings (SSSR count). The highest BCUT2D eigenvalue weighted by Crippen LogP contribution is 2.23. The number of carbonyl (C=O) groups is 3. The lowest BCUT2D eigenvalue weighted by atomic mass is 10.2. The molecule has 1 saturated heterocycles. The fourth-order valence-corrected chi connectivity index (χ4v) is 3.57. The van der Waals surface area contributed by atoms with Crippen LogP contribution in [0.4, 0.5) is 0 Å². The number of benzene rings is 1. The van der Waals surface area contributed by atoms with Gasteiger partial charge in [-0.25, -0.2) is 0 Å². The number of nitrogens with one attached hydrogen (secondary N) is 2. The standard InChI is InChI=1S/C21H25Cl2N3O4.CH2O2/c1-24-21(28)19-6-3-15(30-19)4-7-20(27)25-11-16-13-26(8-9-29-16)12-14-2-5-17(22)18(23)10-14;2-1-3/h2-3,5-6,10,16H,4,7-9,11-13H2,1H3,(H,24,28)(H,25,27);1H,(H,2,3)/t16-;/m0./s1. The smallest absolute Gasteiger partial charge is 0.290 e. The summed E-state index contributed by atoms with van der Waals surface area (Å²) in [6.45, 7) is 3.08. The third kappa shape index (κ3) is 9.05. The Morgan fingerprint density at radius 1 is 1.24 bits per heavy atom. The van der Waals surface area contributed by atoms with Crippen LogP contribution < -0.4 is 10.6 Å². The fraction of sp³-hybridized carbons (Fsp3) is 0.409. The number of hydrogen-bond donors (Lipinski definition) is 3. The second kappa shape index (κ2) is 13.8. The van der Waals surface area contributed by atoms with Crippen LogP contribution in [-0.4, -0.2) is 67.7 Å². The Morgan fingerprint density at radius 3 is 2.70 bits per heavy atom. The molecule has 180 valence electrons. The lowest BCUT2D eigenvalue weighted by Gasteiger charge is -2.33. The van der Waals surface area contributed by atoms with Crippen LogP contribution in [0.15, 0.2) is 34.7 Å². The van der Waals surface area contributed by atoms with Crippen molar-refractivity contribution in [1.82, 2.24) is 15.5 Å². The van der Waals surface area contributed by atoms with Crippen molar-refractivity contribution in [3.63, 3.8) is 0 Å². The Kier molecular flexibility index (Phi) is 11.2. The summed E-state index contributed by atoms with van der Waals surface area (Å²) in [5, 5.41) is 13.4. The van der Waals surface area contributed by atoms with Gasteiger partial charge in [0.25, 0.3) is 12.4 Å². The number of hydrogen-bond acceptors (Lipinski definition) is 6. The largest absolute Gasteiger partial charge is 0.483 e. The molecule has 1 aliphatic heterocycles. The van der Waals surface area contributed by atoms with Crippen molar-refractivity contribution in [1.29, 1.82) is 0 Å². The van der Waals surface area contributed by atoms with E-state index in [1.807, 2.05) is 12.1 Å². The van der Waals surface area contributed by atoms with Crippen LogP contribution in [0.3, 0.4) is 0 Å². The molecule has 33 heavy (non-hydrogen) atoms. The van der Waals surface area contributed by atoms with Crippen LogP contribution in [0.25, 0.3) is 0 Å². The quantitative estimate of drug-likeness (QED) is 0.477. The molecule has 2 aromatic rings. The summed E-state index contributed by atoms with van der Waals surface area (Å²) in [5.41, 5.74) is 1.09. The van der Waals surface area contributed by atoms with Crippen molar-refractivity contribution >= 4 is 41.5 Å². The number of nitrogens with zero attached hydrogens (tertiary/aromatic N) is 1. The molecule has 1 aromatic heterocycles. The molecule has 1 fully saturated rings. The second-order valence-corrected chi connectivity index (χ2v) is 8.05. The molecule has 0 radical (unpaired) electrons. The maximum absolute atomic E-state index is 12.2. The van der Waals surface area contributed by atoms with Gasteiger partial charge in [0.2, 0.25) is 5.91 Å². The molecule has 0 bridgehead atoms. The fourth-order valence-electron chi connectivity index (χ4n) is 3.25. The number of rotatable bonds is 8. The molecule has 0 unspecified atom stereocenters. The molecule has 0 saturated carbocycles. The van der Waals surface area contributed by atoms with E-state index >= 15 is 0 Å². The normalized spacial score (nSPS) is 15.8. The van der Waals surface area contributed by atoms with Crippen LogP contribution in [0.5, 0.6) is 0 Å². The minimum atomic E-state index is -0.287. The molecule has 3 N–H and O–H groups in total. The van der Waals surface area contributed by atoms with E-state index in [1.54, 1.807) is 18.2 Å². The van der Waals surface area contributed by atoms with Gasteiger partial charge in [-0.1, -0.05) is 29.3 Å². The monoisotopic (exact) mass is 499 g/mol. The SMILES string of the molecule is CNC(=O)c1ccc(CCC(=O)NC[C@H]2CN(Cc3ccc(Cl)c(Cl)c3)CCO2)o1.O=CO. The summed E-state index contributed by atoms with van der Waals surface area (Å²) in [7, 11) is 1.54. The third-order valence-corrected chi connectivity index (χ3v) is 5.59. The van der Waals surface area contributed by atoms with Crippen molar-refractivity contribution in [3.8, 4) is 0 Å². The molecule has 0 aliphatic carbocycles. The zero-order chi connectivity index (χ0) is 24.2. The first kappa shape index (κ1) is 26.7. The summed E-state index contributed by atoms with van der Waals surface area (Å²) < 4.78 is 11.2. The molecule has 11 heteroatoms. The van der Waals surface area contributed by atoms with Gasteiger partial charge in [-0.15, -0.1) is 0 Å². The van der Waals surface area contributed by atoms with Crippen molar-refractivity contribution < 1.29 is 28.6 Å². The van der Waals surface area contributed by atoms with Gasteiger partial charge >= 0.3 is 0 Å². The summed E-state index contributed by atoms with van der Waals surface area (Å²) in [6, 6.07) is 8.95. The van der Waals surface area contributed by atoms with E-state index in [0.717, 1.165) is 18.7 Å². The van der Waals surface area contributed by atoms with Gasteiger partial charge in [0.15, 0.2) is 5.76 Å². The lowest BCUT2D eigenvalue weighted by Crippen LogP contribution is -2.47. The van der Waals surface area contributed by atoms with Crippen molar-refractivity contribution in [2.45, 2.75) is 25.5 Å². The van der Waals surface area contributed by atoms with Gasteiger partial charge in [-0.2, -0.15) is 0 Å². The highest BCUT2D eigenvalue weighted by Gasteiger charge is 2.21. The van der Waals surface area contributed by atoms with Crippen LogP contribution >= 0.6 is 23.2 Å². The number of carboxylic acid groups (broad SMARTS) is 1. The minimum Gasteiger partial charge on any atom is -0.483 e. The zero-order valence-corrected chi connectivity index (χ0v) is 19.7. The van der Waals surface area contributed by atoms with Gasteiger partial charge in [0, 0.05) is 46.1 Å². The molecule has 1 aliphatic rings. The number of aryl methyl sites for hydroxylation is 1. The van der Waals surface area contributed by atoms with E-state index in [4.69, 9.17) is 42.3 Å². The van der Waals surface area contributed by atoms with E-state index in [-0.39, 0.29) is 36.6 Å². The first-order valence-corrected chi connectivity index (χ1v) is 11.0. The Morgan fingerprint density at radius 2 is 2.00 bits per heavy atom. The summed E-state index contributed by atoms with van der Waals surface area (Å²) in [6.07, 6.45) is 0.631. The minimum absolute atomic E-state index is 0.0751. The van der Waals surface area contributed by atoms with Crippen LogP contribution in [0.2, 0.25) is 10.0 Å². The van der Waals surface area contributed by atoms with Gasteiger partial charge in [-0.05, 0) is 29.8 Å². The molecule has 1 aromatic carbocycles. The highest BCUT2D eigenvalue weighted by atomic mass is 35.5. The van der Waals surface area contributed by atoms with E-state index in [2.05, 4.69) is 15.5 Å². The molecule has 9 nitrogen and oxygen atoms in total. The van der Waals surface area contributed by atoms with E-state index < -0.39 is 0 Å². The molecule has 0 spiro atoms. The predicted molar refractivity (Wildman–Crippen MR) is 124 cm³/mol. The summed E-state index contributed by atoms with van der Waals surface area (Å²) in [5.74, 6) is 0.472. The molecule has 1 atom stereocenters. The van der Waals surface area contributed by atoms with E-state index in [0.29, 0.717) is 41.9 Å². The molecular formula is C22H27Cl2N3O6. The number of halogens is 2. The van der Waals surface area contributed by atoms with Gasteiger partial charge < -0.3 is 24.9 Å². The summed E-state index contributed by atoms with van der Waals surface area (Å²) in [4.78, 5) is 34.3. The van der Waals surface area contributed by atoms with E-state index in [9.17, 15) is 9.59 Å². The molecular weight excluding hydrogens is 473 g/mol. The highest BCUT2D eigenvalue weighted by molar-refractivity contribution is 6.42. The van der Waals surface area contributed by atoms with Crippen molar-refractivity contribution in [2.75, 3.05) is 33.3 Å². The Balaban J connectivity index is 0.00000122. The Hall–Kier alpha value is -2.59. The van der Waals surface area contributed by atoms with Crippen LogP contribution in [0.1, 0.15) is 28.3 Å². The second-order valence-electron chi connectivity index (χ2n) is 7.23. The number of carbonyl (C=O) groups excluding carboxylic acids is 2. The number of furan rings is 1. The average molecular weight is 500 g/mol. The Bertz CT molecular complexity index is 937. The molecule has 2 heterocycles. The first-order valence-electron chi connectivity index (χ1n) is 10.3. The van der Waals surface area contributed by atoms with Crippen molar-refractivity contribution in [2.24, 2.45) is 0 Å². The average Bonchev–Trinajstić information content (AvgIpc) is 3.28. The third-order valence-electron chi connectivity index (χ3n) is 4.85. The molecule has 2 amide bonds. The van der Waals surface area contributed by atoms with Gasteiger partial charge in [0.05, 0.1) is 22.8 Å². The maximum atomic E-state index is 12.2. The Labute approximate surface area is 202 Å². The maximum Gasteiger partial charge on any atom is 0.290 e. The number of morpholine rings is 1. The number of amides is 2.